The van der Waals surface area contributed by atoms with Gasteiger partial charge in [0.15, 0.2) is 6.61 Å². The van der Waals surface area contributed by atoms with Gasteiger partial charge in [-0.25, -0.2) is 4.79 Å². The number of hydrogen-bond acceptors (Lipinski definition) is 4. The van der Waals surface area contributed by atoms with Gasteiger partial charge >= 0.3 is 5.97 Å². The Labute approximate surface area is 121 Å². The number of ether oxygens (including phenoxy) is 1. The highest BCUT2D eigenvalue weighted by atomic mass is 17.2. The van der Waals surface area contributed by atoms with Crippen LogP contribution in [0.25, 0.3) is 0 Å². The van der Waals surface area contributed by atoms with Crippen molar-refractivity contribution in [1.82, 2.24) is 0 Å². The number of benzene rings is 1. The maximum absolute atomic E-state index is 11.6. The fourth-order valence-corrected chi connectivity index (χ4v) is 2.15. The Morgan fingerprint density at radius 2 is 1.65 bits per heavy atom. The van der Waals surface area contributed by atoms with E-state index in [1.54, 1.807) is 12.1 Å². The molecule has 0 amide bonds. The van der Waals surface area contributed by atoms with Crippen LogP contribution >= 0.6 is 0 Å². The molecule has 0 N–H and O–H groups in total. The fourth-order valence-electron chi connectivity index (χ4n) is 2.15. The molecule has 0 unspecified atom stereocenters. The highest BCUT2D eigenvalue weighted by molar-refractivity contribution is 5.70. The Morgan fingerprint density at radius 1 is 1.05 bits per heavy atom. The molecule has 0 aliphatic rings. The molecule has 0 radical (unpaired) electrons. The first-order chi connectivity index (χ1) is 9.18. The first-order valence-electron chi connectivity index (χ1n) is 6.74. The van der Waals surface area contributed by atoms with E-state index in [2.05, 4.69) is 20.8 Å². The maximum Gasteiger partial charge on any atom is 0.379 e. The second-order valence-electron chi connectivity index (χ2n) is 6.64. The summed E-state index contributed by atoms with van der Waals surface area (Å²) in [5, 5.41) is 0. The van der Waals surface area contributed by atoms with Gasteiger partial charge in [0, 0.05) is 0 Å². The monoisotopic (exact) mass is 280 g/mol. The van der Waals surface area contributed by atoms with Crippen LogP contribution in [0.15, 0.2) is 30.3 Å². The molecule has 1 rings (SSSR count). The summed E-state index contributed by atoms with van der Waals surface area (Å²) in [6, 6.07) is 9.10. The van der Waals surface area contributed by atoms with E-state index in [4.69, 9.17) is 14.5 Å². The fraction of sp³-hybridized carbons (Fsp3) is 0.562. The van der Waals surface area contributed by atoms with E-state index in [9.17, 15) is 4.79 Å². The van der Waals surface area contributed by atoms with Crippen LogP contribution in [0, 0.1) is 5.41 Å². The minimum absolute atomic E-state index is 0.0937. The van der Waals surface area contributed by atoms with Crippen molar-refractivity contribution >= 4 is 5.97 Å². The van der Waals surface area contributed by atoms with Gasteiger partial charge in [-0.3, -0.25) is 4.89 Å². The average molecular weight is 280 g/mol. The molecule has 0 aliphatic carbocycles. The van der Waals surface area contributed by atoms with Crippen molar-refractivity contribution in [2.24, 2.45) is 5.41 Å². The second kappa shape index (κ2) is 6.75. The van der Waals surface area contributed by atoms with E-state index in [0.29, 0.717) is 5.75 Å². The predicted molar refractivity (Wildman–Crippen MR) is 77.3 cm³/mol. The molecule has 0 aliphatic heterocycles. The van der Waals surface area contributed by atoms with Crippen LogP contribution < -0.4 is 4.74 Å². The molecule has 112 valence electrons. The van der Waals surface area contributed by atoms with Crippen molar-refractivity contribution in [3.8, 4) is 5.75 Å². The average Bonchev–Trinajstić information content (AvgIpc) is 2.32. The van der Waals surface area contributed by atoms with Crippen LogP contribution in [-0.2, 0) is 14.6 Å². The molecule has 0 aromatic heterocycles. The van der Waals surface area contributed by atoms with Crippen LogP contribution in [0.4, 0.5) is 0 Å². The third-order valence-electron chi connectivity index (χ3n) is 2.42. The predicted octanol–water partition coefficient (Wildman–Crippen LogP) is 3.76. The third-order valence-corrected chi connectivity index (χ3v) is 2.42. The molecule has 4 heteroatoms. The molecule has 0 fully saturated rings. The molecule has 0 saturated heterocycles. The van der Waals surface area contributed by atoms with Crippen molar-refractivity contribution in [1.29, 1.82) is 0 Å². The minimum Gasteiger partial charge on any atom is -0.482 e. The molecule has 4 nitrogen and oxygen atoms in total. The van der Waals surface area contributed by atoms with Crippen LogP contribution in [-0.4, -0.2) is 18.2 Å². The molecule has 0 atom stereocenters. The SMILES string of the molecule is CC(C)(C)CC(C)(C)OOC(=O)COc1ccccc1. The topological polar surface area (TPSA) is 44.8 Å². The maximum atomic E-state index is 11.6. The molecule has 1 aromatic carbocycles. The minimum atomic E-state index is -0.546. The molecule has 1 aromatic rings. The van der Waals surface area contributed by atoms with Gasteiger partial charge in [0.25, 0.3) is 0 Å². The zero-order valence-corrected chi connectivity index (χ0v) is 12.9. The second-order valence-corrected chi connectivity index (χ2v) is 6.64. The van der Waals surface area contributed by atoms with Gasteiger partial charge < -0.3 is 4.74 Å². The number of para-hydroxylation sites is 1. The molecule has 20 heavy (non-hydrogen) atoms. The Morgan fingerprint density at radius 3 is 2.20 bits per heavy atom. The zero-order chi connectivity index (χ0) is 15.2. The summed E-state index contributed by atoms with van der Waals surface area (Å²) in [5.74, 6) is 0.0780. The van der Waals surface area contributed by atoms with Crippen molar-refractivity contribution in [2.75, 3.05) is 6.61 Å². The summed E-state index contributed by atoms with van der Waals surface area (Å²) >= 11 is 0. The van der Waals surface area contributed by atoms with Gasteiger partial charge in [0.1, 0.15) is 11.4 Å². The molecule has 0 spiro atoms. The smallest absolute Gasteiger partial charge is 0.379 e. The van der Waals surface area contributed by atoms with E-state index in [-0.39, 0.29) is 12.0 Å². The van der Waals surface area contributed by atoms with Gasteiger partial charge in [-0.15, -0.1) is 0 Å². The lowest BCUT2D eigenvalue weighted by molar-refractivity contribution is -0.330. The molecule has 0 heterocycles. The van der Waals surface area contributed by atoms with Crippen molar-refractivity contribution in [3.63, 3.8) is 0 Å². The quantitative estimate of drug-likeness (QED) is 0.588. The summed E-state index contributed by atoms with van der Waals surface area (Å²) in [5.41, 5.74) is -0.433. The first kappa shape index (κ1) is 16.5. The number of carbonyl (C=O) groups is 1. The molecule has 0 bridgehead atoms. The number of hydrogen-bond donors (Lipinski definition) is 0. The summed E-state index contributed by atoms with van der Waals surface area (Å²) < 4.78 is 5.28. The van der Waals surface area contributed by atoms with Crippen LogP contribution in [0.3, 0.4) is 0 Å². The number of carbonyl (C=O) groups excluding carboxylic acids is 1. The van der Waals surface area contributed by atoms with Gasteiger partial charge in [-0.1, -0.05) is 39.0 Å². The normalized spacial score (nSPS) is 12.1. The highest BCUT2D eigenvalue weighted by Crippen LogP contribution is 2.29. The van der Waals surface area contributed by atoms with Gasteiger partial charge in [-0.05, 0) is 37.8 Å². The zero-order valence-electron chi connectivity index (χ0n) is 12.9. The summed E-state index contributed by atoms with van der Waals surface area (Å²) in [6.45, 7) is 9.94. The van der Waals surface area contributed by atoms with Crippen molar-refractivity contribution in [3.05, 3.63) is 30.3 Å². The van der Waals surface area contributed by atoms with Gasteiger partial charge in [-0.2, -0.15) is 4.89 Å². The van der Waals surface area contributed by atoms with Gasteiger partial charge in [0.05, 0.1) is 0 Å². The lowest BCUT2D eigenvalue weighted by atomic mass is 9.84. The molecule has 0 saturated carbocycles. The molecular formula is C16H24O4. The largest absolute Gasteiger partial charge is 0.482 e. The van der Waals surface area contributed by atoms with Crippen LogP contribution in [0.1, 0.15) is 41.0 Å². The van der Waals surface area contributed by atoms with E-state index >= 15 is 0 Å². The van der Waals surface area contributed by atoms with Crippen LogP contribution in [0.2, 0.25) is 0 Å². The Kier molecular flexibility index (Phi) is 5.57. The standard InChI is InChI=1S/C16H24O4/c1-15(2,3)12-16(4,5)20-19-14(17)11-18-13-9-7-6-8-10-13/h6-10H,11-12H2,1-5H3. The third kappa shape index (κ3) is 7.14. The summed E-state index contributed by atoms with van der Waals surface area (Å²) in [4.78, 5) is 21.6. The van der Waals surface area contributed by atoms with Gasteiger partial charge in [0.2, 0.25) is 0 Å². The first-order valence-corrected chi connectivity index (χ1v) is 6.74. The Bertz CT molecular complexity index is 418. The Balaban J connectivity index is 2.33. The highest BCUT2D eigenvalue weighted by Gasteiger charge is 2.28. The van der Waals surface area contributed by atoms with E-state index in [1.165, 1.54) is 0 Å². The number of rotatable bonds is 6. The lowest BCUT2D eigenvalue weighted by Gasteiger charge is -2.30. The van der Waals surface area contributed by atoms with E-state index in [0.717, 1.165) is 6.42 Å². The van der Waals surface area contributed by atoms with E-state index in [1.807, 2.05) is 32.0 Å². The van der Waals surface area contributed by atoms with E-state index < -0.39 is 11.6 Å². The van der Waals surface area contributed by atoms with Crippen molar-refractivity contribution in [2.45, 2.75) is 46.6 Å². The summed E-state index contributed by atoms with van der Waals surface area (Å²) in [6.07, 6.45) is 0.771. The Hall–Kier alpha value is -1.55. The van der Waals surface area contributed by atoms with Crippen molar-refractivity contribution < 1.29 is 19.3 Å². The summed E-state index contributed by atoms with van der Waals surface area (Å²) in [7, 11) is 0. The molecular weight excluding hydrogens is 256 g/mol. The van der Waals surface area contributed by atoms with Crippen LogP contribution in [0.5, 0.6) is 5.75 Å². The lowest BCUT2D eigenvalue weighted by Crippen LogP contribution is -2.32.